The van der Waals surface area contributed by atoms with Crippen LogP contribution in [0.5, 0.6) is 0 Å². The Hall–Kier alpha value is -1.14. The molecule has 0 N–H and O–H groups in total. The van der Waals surface area contributed by atoms with Crippen molar-refractivity contribution < 1.29 is 19.1 Å². The van der Waals surface area contributed by atoms with Crippen molar-refractivity contribution in [3.05, 3.63) is 0 Å². The zero-order chi connectivity index (χ0) is 24.1. The predicted molar refractivity (Wildman–Crippen MR) is 133 cm³/mol. The first kappa shape index (κ1) is 28.1. The van der Waals surface area contributed by atoms with Crippen molar-refractivity contribution in [1.82, 2.24) is 9.80 Å². The van der Waals surface area contributed by atoms with Gasteiger partial charge in [-0.2, -0.15) is 0 Å². The van der Waals surface area contributed by atoms with Gasteiger partial charge in [0.2, 0.25) is 0 Å². The molecular weight excluding hydrogens is 416 g/mol. The van der Waals surface area contributed by atoms with Crippen molar-refractivity contribution in [2.45, 2.75) is 91.9 Å². The minimum atomic E-state index is -0.0549. The molecule has 0 radical (unpaired) electrons. The van der Waals surface area contributed by atoms with E-state index in [1.54, 1.807) is 0 Å². The molecule has 2 fully saturated rings. The summed E-state index contributed by atoms with van der Waals surface area (Å²) >= 11 is 0. The Balaban J connectivity index is 1.53. The smallest absolute Gasteiger partial charge is 0.307 e. The molecular formula is C27H50N2O4. The van der Waals surface area contributed by atoms with Crippen LogP contribution in [0.4, 0.5) is 0 Å². The third-order valence-electron chi connectivity index (χ3n) is 7.68. The second kappa shape index (κ2) is 15.0. The van der Waals surface area contributed by atoms with Crippen molar-refractivity contribution in [2.24, 2.45) is 17.3 Å². The molecule has 6 nitrogen and oxygen atoms in total. The van der Waals surface area contributed by atoms with Crippen LogP contribution < -0.4 is 0 Å². The topological polar surface area (TPSA) is 59.1 Å². The monoisotopic (exact) mass is 466 g/mol. The number of ether oxygens (including phenoxy) is 2. The third kappa shape index (κ3) is 11.7. The van der Waals surface area contributed by atoms with E-state index in [4.69, 9.17) is 9.47 Å². The normalized spacial score (nSPS) is 22.1. The van der Waals surface area contributed by atoms with Crippen LogP contribution in [0.1, 0.15) is 91.9 Å². The third-order valence-corrected chi connectivity index (χ3v) is 7.68. The summed E-state index contributed by atoms with van der Waals surface area (Å²) in [4.78, 5) is 28.8. The first-order chi connectivity index (χ1) is 15.8. The number of nitrogens with zero attached hydrogens (tertiary/aromatic N) is 2. The highest BCUT2D eigenvalue weighted by Gasteiger charge is 2.29. The van der Waals surface area contributed by atoms with E-state index in [0.29, 0.717) is 26.1 Å². The fraction of sp³-hybridized carbons (Fsp3) is 0.926. The maximum atomic E-state index is 12.1. The molecule has 0 amide bonds. The molecule has 6 heteroatoms. The zero-order valence-corrected chi connectivity index (χ0v) is 21.9. The van der Waals surface area contributed by atoms with E-state index in [1.165, 1.54) is 19.3 Å². The van der Waals surface area contributed by atoms with Gasteiger partial charge in [0.1, 0.15) is 0 Å². The largest absolute Gasteiger partial charge is 0.466 e. The van der Waals surface area contributed by atoms with Gasteiger partial charge in [-0.3, -0.25) is 9.59 Å². The predicted octanol–water partition coefficient (Wildman–Crippen LogP) is 4.90. The van der Waals surface area contributed by atoms with Gasteiger partial charge in [-0.15, -0.1) is 0 Å². The number of unbranched alkanes of at least 4 members (excludes halogenated alkanes) is 2. The average Bonchev–Trinajstić information content (AvgIpc) is 3.43. The number of hydrogen-bond donors (Lipinski definition) is 0. The van der Waals surface area contributed by atoms with Gasteiger partial charge in [-0.25, -0.2) is 0 Å². The van der Waals surface area contributed by atoms with Crippen molar-refractivity contribution in [3.63, 3.8) is 0 Å². The quantitative estimate of drug-likeness (QED) is 0.238. The van der Waals surface area contributed by atoms with Crippen LogP contribution in [0.3, 0.4) is 0 Å². The summed E-state index contributed by atoms with van der Waals surface area (Å²) in [5.41, 5.74) is 0.246. The molecule has 2 unspecified atom stereocenters. The minimum absolute atomic E-state index is 0.0476. The van der Waals surface area contributed by atoms with Crippen LogP contribution in [0.2, 0.25) is 0 Å². The highest BCUT2D eigenvalue weighted by atomic mass is 16.5. The summed E-state index contributed by atoms with van der Waals surface area (Å²) in [6, 6.07) is 0. The van der Waals surface area contributed by atoms with Crippen LogP contribution in [0, 0.1) is 17.3 Å². The van der Waals surface area contributed by atoms with Crippen molar-refractivity contribution in [3.8, 4) is 0 Å². The van der Waals surface area contributed by atoms with Gasteiger partial charge in [0.15, 0.2) is 0 Å². The summed E-state index contributed by atoms with van der Waals surface area (Å²) < 4.78 is 10.8. The minimum Gasteiger partial charge on any atom is -0.466 e. The highest BCUT2D eigenvalue weighted by molar-refractivity contribution is 5.69. The molecule has 0 aromatic rings. The van der Waals surface area contributed by atoms with E-state index in [-0.39, 0.29) is 17.4 Å². The lowest BCUT2D eigenvalue weighted by Gasteiger charge is -2.22. The fourth-order valence-electron chi connectivity index (χ4n) is 4.89. The van der Waals surface area contributed by atoms with Crippen molar-refractivity contribution in [2.75, 3.05) is 52.5 Å². The van der Waals surface area contributed by atoms with E-state index in [0.717, 1.165) is 83.2 Å². The first-order valence-corrected chi connectivity index (χ1v) is 13.6. The van der Waals surface area contributed by atoms with E-state index in [9.17, 15) is 9.59 Å². The number of hydrogen-bond acceptors (Lipinski definition) is 6. The van der Waals surface area contributed by atoms with Crippen LogP contribution in [0.25, 0.3) is 0 Å². The van der Waals surface area contributed by atoms with E-state index in [1.807, 2.05) is 0 Å². The van der Waals surface area contributed by atoms with E-state index >= 15 is 0 Å². The van der Waals surface area contributed by atoms with Crippen LogP contribution in [-0.4, -0.2) is 74.2 Å². The van der Waals surface area contributed by atoms with Gasteiger partial charge < -0.3 is 19.3 Å². The Morgan fingerprint density at radius 3 is 1.91 bits per heavy atom. The van der Waals surface area contributed by atoms with Crippen LogP contribution >= 0.6 is 0 Å². The lowest BCUT2D eigenvalue weighted by atomic mass is 9.87. The lowest BCUT2D eigenvalue weighted by molar-refractivity contribution is -0.145. The number of likely N-dealkylation sites (tertiary alicyclic amines) is 2. The molecule has 2 atom stereocenters. The second-order valence-electron chi connectivity index (χ2n) is 11.1. The van der Waals surface area contributed by atoms with Crippen molar-refractivity contribution in [1.29, 1.82) is 0 Å². The molecule has 2 saturated heterocycles. The first-order valence-electron chi connectivity index (χ1n) is 13.6. The SMILES string of the molecule is CCCCCOC(=O)CCN1CCC(CC2CCN(CCC(=O)OCCC(C)(C)CC)C2)C1. The summed E-state index contributed by atoms with van der Waals surface area (Å²) in [5.74, 6) is 1.37. The molecule has 2 heterocycles. The molecule has 0 saturated carbocycles. The van der Waals surface area contributed by atoms with Crippen molar-refractivity contribution >= 4 is 11.9 Å². The Morgan fingerprint density at radius 2 is 1.39 bits per heavy atom. The molecule has 0 aromatic heterocycles. The average molecular weight is 467 g/mol. The zero-order valence-electron chi connectivity index (χ0n) is 21.9. The Kier molecular flexibility index (Phi) is 12.8. The molecule has 192 valence electrons. The standard InChI is InChI=1S/C27H50N2O4/c1-5-7-8-18-32-25(30)11-16-28-14-9-23(21-28)20-24-10-15-29(22-24)17-12-26(31)33-19-13-27(3,4)6-2/h23-24H,5-22H2,1-4H3. The van der Waals surface area contributed by atoms with E-state index in [2.05, 4.69) is 37.5 Å². The fourth-order valence-corrected chi connectivity index (χ4v) is 4.89. The molecule has 0 aliphatic carbocycles. The summed E-state index contributed by atoms with van der Waals surface area (Å²) in [5, 5.41) is 0. The Labute approximate surface area is 202 Å². The molecule has 0 spiro atoms. The molecule has 0 aromatic carbocycles. The van der Waals surface area contributed by atoms with Gasteiger partial charge in [0.05, 0.1) is 26.1 Å². The maximum absolute atomic E-state index is 12.1. The Bertz CT molecular complexity index is 580. The summed E-state index contributed by atoms with van der Waals surface area (Å²) in [6.07, 6.45) is 10.0. The second-order valence-corrected chi connectivity index (χ2v) is 11.1. The van der Waals surface area contributed by atoms with E-state index < -0.39 is 0 Å². The van der Waals surface area contributed by atoms with Crippen LogP contribution in [-0.2, 0) is 19.1 Å². The lowest BCUT2D eigenvalue weighted by Crippen LogP contribution is -2.26. The maximum Gasteiger partial charge on any atom is 0.307 e. The molecule has 33 heavy (non-hydrogen) atoms. The number of esters is 2. The van der Waals surface area contributed by atoms with Gasteiger partial charge >= 0.3 is 11.9 Å². The summed E-state index contributed by atoms with van der Waals surface area (Å²) in [7, 11) is 0. The van der Waals surface area contributed by atoms with Gasteiger partial charge in [0, 0.05) is 26.2 Å². The number of carbonyl (C=O) groups is 2. The molecule has 2 aliphatic rings. The molecule has 0 bridgehead atoms. The number of carbonyl (C=O) groups excluding carboxylic acids is 2. The Morgan fingerprint density at radius 1 is 0.848 bits per heavy atom. The highest BCUT2D eigenvalue weighted by Crippen LogP contribution is 2.29. The molecule has 2 rings (SSSR count). The van der Waals surface area contributed by atoms with Crippen LogP contribution in [0.15, 0.2) is 0 Å². The van der Waals surface area contributed by atoms with Gasteiger partial charge in [-0.1, -0.05) is 47.0 Å². The van der Waals surface area contributed by atoms with Gasteiger partial charge in [-0.05, 0) is 62.4 Å². The molecule has 2 aliphatic heterocycles. The van der Waals surface area contributed by atoms with Gasteiger partial charge in [0.25, 0.3) is 0 Å². The summed E-state index contributed by atoms with van der Waals surface area (Å²) in [6.45, 7) is 16.0. The number of rotatable bonds is 16.